The van der Waals surface area contributed by atoms with Crippen molar-refractivity contribution in [2.75, 3.05) is 19.6 Å². The van der Waals surface area contributed by atoms with Gasteiger partial charge in [0.15, 0.2) is 0 Å². The Labute approximate surface area is 72.6 Å². The first-order valence-corrected chi connectivity index (χ1v) is 3.07. The maximum atomic E-state index is 2.38. The van der Waals surface area contributed by atoms with Crippen LogP contribution < -0.4 is 0 Å². The summed E-state index contributed by atoms with van der Waals surface area (Å²) in [5, 5.41) is 0. The molecule has 0 saturated carbocycles. The molecule has 0 unspecified atom stereocenters. The van der Waals surface area contributed by atoms with E-state index >= 15 is 0 Å². The van der Waals surface area contributed by atoms with E-state index in [0.717, 1.165) is 0 Å². The third kappa shape index (κ3) is 5.03. The molecule has 1 nitrogen and oxygen atoms in total. The minimum absolute atomic E-state index is 0. The topological polar surface area (TPSA) is 3.24 Å². The predicted molar refractivity (Wildman–Crippen MR) is 42.0 cm³/mol. The fourth-order valence-corrected chi connectivity index (χ4v) is 0.671. The van der Waals surface area contributed by atoms with E-state index in [2.05, 4.69) is 25.7 Å². The van der Waals surface area contributed by atoms with Gasteiger partial charge in [-0.1, -0.05) is 20.8 Å². The van der Waals surface area contributed by atoms with Gasteiger partial charge >= 0.3 is 27.3 Å². The van der Waals surface area contributed by atoms with Crippen LogP contribution in [-0.2, 0) is 0 Å². The first-order chi connectivity index (χ1) is 3.35. The quantitative estimate of drug-likeness (QED) is 0.684. The second-order valence-electron chi connectivity index (χ2n) is 1.62. The van der Waals surface area contributed by atoms with Gasteiger partial charge in [-0.25, -0.2) is 0 Å². The van der Waals surface area contributed by atoms with Crippen molar-refractivity contribution in [1.29, 1.82) is 0 Å². The average molecular weight is 310 g/mol. The first-order valence-electron chi connectivity index (χ1n) is 3.07. The Hall–Kier alpha value is 0.882. The normalized spacial score (nSPS) is 9.00. The van der Waals surface area contributed by atoms with Gasteiger partial charge in [0.05, 0.1) is 0 Å². The molecule has 0 aromatic carbocycles. The molecule has 0 aromatic rings. The van der Waals surface area contributed by atoms with Crippen molar-refractivity contribution in [2.24, 2.45) is 0 Å². The van der Waals surface area contributed by atoms with Gasteiger partial charge in [0.2, 0.25) is 0 Å². The van der Waals surface area contributed by atoms with Gasteiger partial charge in [-0.15, -0.1) is 0 Å². The summed E-state index contributed by atoms with van der Waals surface area (Å²) in [4.78, 5) is 2.38. The molecule has 0 bridgehead atoms. The third-order valence-electron chi connectivity index (χ3n) is 1.34. The molecule has 0 spiro atoms. The van der Waals surface area contributed by atoms with Crippen molar-refractivity contribution < 1.29 is 0 Å². The molecule has 0 heterocycles. The Bertz CT molecular complexity index is 30.0. The van der Waals surface area contributed by atoms with Crippen LogP contribution in [0.2, 0.25) is 0 Å². The van der Waals surface area contributed by atoms with Crippen molar-refractivity contribution in [2.45, 2.75) is 20.8 Å². The van der Waals surface area contributed by atoms with Gasteiger partial charge < -0.3 is 4.90 Å². The minimum atomic E-state index is 0. The molecule has 8 heavy (non-hydrogen) atoms. The number of nitrogens with zero attached hydrogens (tertiary/aromatic N) is 1. The Kier molecular flexibility index (Phi) is 11.5. The van der Waals surface area contributed by atoms with Gasteiger partial charge in [0, 0.05) is 0 Å². The van der Waals surface area contributed by atoms with E-state index in [1.54, 1.807) is 0 Å². The summed E-state index contributed by atoms with van der Waals surface area (Å²) < 4.78 is 0. The molecule has 0 N–H and O–H groups in total. The number of rotatable bonds is 3. The summed E-state index contributed by atoms with van der Waals surface area (Å²) >= 11 is 0. The molecule has 0 fully saturated rings. The SMILES string of the molecule is CCN(CC)CC.[PbH2]. The third-order valence-corrected chi connectivity index (χ3v) is 1.34. The Morgan fingerprint density at radius 1 is 0.875 bits per heavy atom. The Morgan fingerprint density at radius 2 is 1.12 bits per heavy atom. The summed E-state index contributed by atoms with van der Waals surface area (Å²) in [6.07, 6.45) is 0. The predicted octanol–water partition coefficient (Wildman–Crippen LogP) is 0.432. The van der Waals surface area contributed by atoms with Crippen LogP contribution >= 0.6 is 0 Å². The Balaban J connectivity index is 0. The van der Waals surface area contributed by atoms with Gasteiger partial charge in [0.1, 0.15) is 0 Å². The molecule has 0 aliphatic rings. The van der Waals surface area contributed by atoms with Gasteiger partial charge in [-0.2, -0.15) is 0 Å². The molecule has 0 atom stereocenters. The number of hydrogen-bond donors (Lipinski definition) is 0. The second-order valence-corrected chi connectivity index (χ2v) is 1.62. The molecular formula is C6H17NPb. The van der Waals surface area contributed by atoms with E-state index in [-0.39, 0.29) is 27.3 Å². The summed E-state index contributed by atoms with van der Waals surface area (Å²) in [7, 11) is 0. The van der Waals surface area contributed by atoms with E-state index in [4.69, 9.17) is 0 Å². The van der Waals surface area contributed by atoms with Gasteiger partial charge in [-0.3, -0.25) is 0 Å². The van der Waals surface area contributed by atoms with E-state index in [9.17, 15) is 0 Å². The monoisotopic (exact) mass is 311 g/mol. The summed E-state index contributed by atoms with van der Waals surface area (Å²) in [5.74, 6) is 0. The van der Waals surface area contributed by atoms with Crippen LogP contribution in [0.15, 0.2) is 0 Å². The molecule has 0 aliphatic carbocycles. The van der Waals surface area contributed by atoms with E-state index in [1.165, 1.54) is 19.6 Å². The van der Waals surface area contributed by atoms with Crippen LogP contribution in [-0.4, -0.2) is 51.8 Å². The van der Waals surface area contributed by atoms with Crippen molar-refractivity contribution in [3.8, 4) is 0 Å². The fourth-order valence-electron chi connectivity index (χ4n) is 0.671. The van der Waals surface area contributed by atoms with E-state index in [0.29, 0.717) is 0 Å². The van der Waals surface area contributed by atoms with Crippen LogP contribution in [0.25, 0.3) is 0 Å². The zero-order valence-corrected chi connectivity index (χ0v) is 11.8. The fraction of sp³-hybridized carbons (Fsp3) is 1.00. The molecular weight excluding hydrogens is 293 g/mol. The van der Waals surface area contributed by atoms with Crippen molar-refractivity contribution >= 4 is 27.3 Å². The van der Waals surface area contributed by atoms with Crippen LogP contribution in [0.4, 0.5) is 0 Å². The standard InChI is InChI=1S/C6H15N.Pb.2H/c1-4-7(5-2)6-3;;;/h4-6H2,1-3H3;;;. The first kappa shape index (κ1) is 11.7. The van der Waals surface area contributed by atoms with Crippen LogP contribution in [0.5, 0.6) is 0 Å². The van der Waals surface area contributed by atoms with Crippen molar-refractivity contribution in [3.05, 3.63) is 0 Å². The zero-order chi connectivity index (χ0) is 5.70. The summed E-state index contributed by atoms with van der Waals surface area (Å²) in [6, 6.07) is 0. The number of hydrogen-bond acceptors (Lipinski definition) is 1. The average Bonchev–Trinajstić information content (AvgIpc) is 1.72. The Morgan fingerprint density at radius 3 is 1.12 bits per heavy atom. The molecule has 0 aromatic heterocycles. The van der Waals surface area contributed by atoms with Gasteiger partial charge in [0.25, 0.3) is 0 Å². The molecule has 50 valence electrons. The maximum absolute atomic E-state index is 2.38. The molecule has 0 rings (SSSR count). The molecule has 0 saturated heterocycles. The van der Waals surface area contributed by atoms with Crippen molar-refractivity contribution in [3.63, 3.8) is 0 Å². The molecule has 0 amide bonds. The summed E-state index contributed by atoms with van der Waals surface area (Å²) in [5.41, 5.74) is 0. The summed E-state index contributed by atoms with van der Waals surface area (Å²) in [6.45, 7) is 10.1. The van der Waals surface area contributed by atoms with Crippen LogP contribution in [0, 0.1) is 0 Å². The van der Waals surface area contributed by atoms with Crippen molar-refractivity contribution in [1.82, 2.24) is 4.90 Å². The second kappa shape index (κ2) is 7.88. The van der Waals surface area contributed by atoms with Gasteiger partial charge in [-0.05, 0) is 19.6 Å². The van der Waals surface area contributed by atoms with E-state index < -0.39 is 0 Å². The van der Waals surface area contributed by atoms with Crippen LogP contribution in [0.1, 0.15) is 20.8 Å². The molecule has 2 radical (unpaired) electrons. The zero-order valence-electron chi connectivity index (χ0n) is 6.28. The van der Waals surface area contributed by atoms with Crippen LogP contribution in [0.3, 0.4) is 0 Å². The van der Waals surface area contributed by atoms with E-state index in [1.807, 2.05) is 0 Å². The molecule has 2 heteroatoms. The molecule has 0 aliphatic heterocycles.